The third-order valence-electron chi connectivity index (χ3n) is 5.11. The first kappa shape index (κ1) is 15.9. The van der Waals surface area contributed by atoms with Crippen LogP contribution in [-0.2, 0) is 19.4 Å². The first-order chi connectivity index (χ1) is 12.3. The van der Waals surface area contributed by atoms with Crippen molar-refractivity contribution in [3.8, 4) is 0 Å². The zero-order valence-corrected chi connectivity index (χ0v) is 14.5. The van der Waals surface area contributed by atoms with Gasteiger partial charge in [-0.3, -0.25) is 4.79 Å². The number of benzene rings is 1. The van der Waals surface area contributed by atoms with Gasteiger partial charge in [-0.1, -0.05) is 29.8 Å². The molecule has 1 N–H and O–H groups in total. The Bertz CT molecular complexity index is 893. The van der Waals surface area contributed by atoms with Gasteiger partial charge in [-0.05, 0) is 37.8 Å². The maximum atomic E-state index is 13.1. The van der Waals surface area contributed by atoms with Crippen LogP contribution in [-0.4, -0.2) is 27.5 Å². The lowest BCUT2D eigenvalue weighted by Crippen LogP contribution is -2.31. The molecule has 1 aliphatic rings. The Morgan fingerprint density at radius 1 is 1.24 bits per heavy atom. The molecular formula is C20H23N3O2. The van der Waals surface area contributed by atoms with Crippen molar-refractivity contribution >= 4 is 16.8 Å². The maximum Gasteiger partial charge on any atom is 0.276 e. The maximum absolute atomic E-state index is 13.1. The Hall–Kier alpha value is -2.56. The normalized spacial score (nSPS) is 14.3. The van der Waals surface area contributed by atoms with Crippen molar-refractivity contribution in [2.24, 2.45) is 0 Å². The molecule has 1 aliphatic carbocycles. The van der Waals surface area contributed by atoms with E-state index in [0.29, 0.717) is 18.8 Å². The fourth-order valence-electron chi connectivity index (χ4n) is 3.67. The Balaban J connectivity index is 1.61. The highest BCUT2D eigenvalue weighted by molar-refractivity contribution is 5.94. The van der Waals surface area contributed by atoms with Crippen LogP contribution in [0.15, 0.2) is 35.0 Å². The van der Waals surface area contributed by atoms with Gasteiger partial charge in [-0.2, -0.15) is 0 Å². The predicted octanol–water partition coefficient (Wildman–Crippen LogP) is 4.09. The van der Waals surface area contributed by atoms with Crippen molar-refractivity contribution in [2.45, 2.75) is 45.6 Å². The van der Waals surface area contributed by atoms with Crippen LogP contribution in [0.2, 0.25) is 0 Å². The number of hydrogen-bond acceptors (Lipinski definition) is 3. The van der Waals surface area contributed by atoms with Crippen molar-refractivity contribution in [2.75, 3.05) is 6.54 Å². The fraction of sp³-hybridized carbons (Fsp3) is 0.400. The molecule has 0 bridgehead atoms. The van der Waals surface area contributed by atoms with Gasteiger partial charge in [0.25, 0.3) is 5.91 Å². The predicted molar refractivity (Wildman–Crippen MR) is 96.5 cm³/mol. The van der Waals surface area contributed by atoms with E-state index >= 15 is 0 Å². The minimum Gasteiger partial charge on any atom is -0.361 e. The number of carbonyl (C=O) groups excluding carboxylic acids is 1. The van der Waals surface area contributed by atoms with Gasteiger partial charge in [0.1, 0.15) is 5.76 Å². The summed E-state index contributed by atoms with van der Waals surface area (Å²) in [6.45, 7) is 3.21. The van der Waals surface area contributed by atoms with Gasteiger partial charge in [0.15, 0.2) is 5.69 Å². The monoisotopic (exact) mass is 337 g/mol. The summed E-state index contributed by atoms with van der Waals surface area (Å²) in [4.78, 5) is 18.2. The number of H-pyrrole nitrogens is 1. The van der Waals surface area contributed by atoms with E-state index in [1.807, 2.05) is 30.2 Å². The standard InChI is InChI=1S/C20H23N3O2/c1-2-23(13-14-12-21-17-10-7-6-8-15(14)17)20(24)19-16-9-4-3-5-11-18(16)25-22-19/h6-8,10,12,21H,2-5,9,11,13H2,1H3. The summed E-state index contributed by atoms with van der Waals surface area (Å²) in [7, 11) is 0. The third-order valence-corrected chi connectivity index (χ3v) is 5.11. The van der Waals surface area contributed by atoms with Gasteiger partial charge in [-0.15, -0.1) is 0 Å². The second kappa shape index (κ2) is 6.75. The molecule has 2 heterocycles. The van der Waals surface area contributed by atoms with E-state index in [2.05, 4.69) is 22.3 Å². The molecule has 1 aromatic carbocycles. The molecule has 2 aromatic heterocycles. The van der Waals surface area contributed by atoms with E-state index in [-0.39, 0.29) is 5.91 Å². The SMILES string of the molecule is CCN(Cc1c[nH]c2ccccc12)C(=O)c1noc2c1CCCCC2. The fourth-order valence-corrected chi connectivity index (χ4v) is 3.67. The van der Waals surface area contributed by atoms with Crippen LogP contribution >= 0.6 is 0 Å². The van der Waals surface area contributed by atoms with Crippen LogP contribution in [0.1, 0.15) is 53.6 Å². The van der Waals surface area contributed by atoms with Crippen LogP contribution in [0.25, 0.3) is 10.9 Å². The van der Waals surface area contributed by atoms with Crippen molar-refractivity contribution < 1.29 is 9.32 Å². The number of nitrogens with one attached hydrogen (secondary N) is 1. The molecule has 0 saturated heterocycles. The molecule has 0 aliphatic heterocycles. The Morgan fingerprint density at radius 3 is 2.96 bits per heavy atom. The summed E-state index contributed by atoms with van der Waals surface area (Å²) in [6.07, 6.45) is 7.18. The summed E-state index contributed by atoms with van der Waals surface area (Å²) >= 11 is 0. The number of aromatic nitrogens is 2. The second-order valence-corrected chi connectivity index (χ2v) is 6.67. The number of amides is 1. The molecule has 0 unspecified atom stereocenters. The summed E-state index contributed by atoms with van der Waals surface area (Å²) in [5.74, 6) is 0.878. The highest BCUT2D eigenvalue weighted by Gasteiger charge is 2.26. The molecular weight excluding hydrogens is 314 g/mol. The van der Waals surface area contributed by atoms with Gasteiger partial charge in [-0.25, -0.2) is 0 Å². The number of carbonyl (C=O) groups is 1. The minimum absolute atomic E-state index is 0.0281. The molecule has 1 amide bonds. The number of aryl methyl sites for hydroxylation is 1. The molecule has 0 radical (unpaired) electrons. The van der Waals surface area contributed by atoms with E-state index in [0.717, 1.165) is 53.5 Å². The average Bonchev–Trinajstić information content (AvgIpc) is 3.16. The number of nitrogens with zero attached hydrogens (tertiary/aromatic N) is 2. The van der Waals surface area contributed by atoms with Crippen LogP contribution in [0, 0.1) is 0 Å². The Kier molecular flexibility index (Phi) is 4.30. The molecule has 130 valence electrons. The first-order valence-electron chi connectivity index (χ1n) is 9.09. The van der Waals surface area contributed by atoms with Crippen LogP contribution < -0.4 is 0 Å². The smallest absolute Gasteiger partial charge is 0.276 e. The van der Waals surface area contributed by atoms with Crippen molar-refractivity contribution in [3.05, 3.63) is 53.0 Å². The molecule has 0 fully saturated rings. The van der Waals surface area contributed by atoms with Crippen LogP contribution in [0.5, 0.6) is 0 Å². The molecule has 25 heavy (non-hydrogen) atoms. The number of rotatable bonds is 4. The highest BCUT2D eigenvalue weighted by atomic mass is 16.5. The van der Waals surface area contributed by atoms with E-state index in [4.69, 9.17) is 4.52 Å². The van der Waals surface area contributed by atoms with Gasteiger partial charge >= 0.3 is 0 Å². The molecule has 4 rings (SSSR count). The van der Waals surface area contributed by atoms with E-state index in [1.165, 1.54) is 6.42 Å². The lowest BCUT2D eigenvalue weighted by molar-refractivity contribution is 0.0741. The van der Waals surface area contributed by atoms with Gasteiger partial charge in [0.2, 0.25) is 0 Å². The third kappa shape index (κ3) is 2.95. The Labute approximate surface area is 147 Å². The zero-order valence-electron chi connectivity index (χ0n) is 14.5. The first-order valence-corrected chi connectivity index (χ1v) is 9.09. The molecule has 0 atom stereocenters. The van der Waals surface area contributed by atoms with Crippen LogP contribution in [0.4, 0.5) is 0 Å². The Morgan fingerprint density at radius 2 is 2.08 bits per heavy atom. The van der Waals surface area contributed by atoms with Crippen LogP contribution in [0.3, 0.4) is 0 Å². The summed E-state index contributed by atoms with van der Waals surface area (Å²) < 4.78 is 5.48. The minimum atomic E-state index is -0.0281. The molecule has 5 heteroatoms. The second-order valence-electron chi connectivity index (χ2n) is 6.67. The summed E-state index contributed by atoms with van der Waals surface area (Å²) in [6, 6.07) is 8.17. The zero-order chi connectivity index (χ0) is 17.2. The summed E-state index contributed by atoms with van der Waals surface area (Å²) in [5, 5.41) is 5.29. The molecule has 0 saturated carbocycles. The van der Waals surface area contributed by atoms with Gasteiger partial charge in [0, 0.05) is 42.2 Å². The molecule has 0 spiro atoms. The summed E-state index contributed by atoms with van der Waals surface area (Å²) in [5.41, 5.74) is 3.76. The average molecular weight is 337 g/mol. The number of para-hydroxylation sites is 1. The highest BCUT2D eigenvalue weighted by Crippen LogP contribution is 2.26. The lowest BCUT2D eigenvalue weighted by Gasteiger charge is -2.20. The van der Waals surface area contributed by atoms with Crippen molar-refractivity contribution in [1.82, 2.24) is 15.0 Å². The quantitative estimate of drug-likeness (QED) is 0.730. The van der Waals surface area contributed by atoms with Crippen molar-refractivity contribution in [1.29, 1.82) is 0 Å². The molecule has 5 nitrogen and oxygen atoms in total. The van der Waals surface area contributed by atoms with Gasteiger partial charge < -0.3 is 14.4 Å². The number of fused-ring (bicyclic) bond motifs is 2. The van der Waals surface area contributed by atoms with Crippen molar-refractivity contribution in [3.63, 3.8) is 0 Å². The number of aromatic amines is 1. The van der Waals surface area contributed by atoms with E-state index < -0.39 is 0 Å². The topological polar surface area (TPSA) is 62.1 Å². The van der Waals surface area contributed by atoms with Gasteiger partial charge in [0.05, 0.1) is 0 Å². The van der Waals surface area contributed by atoms with E-state index in [9.17, 15) is 4.79 Å². The largest absolute Gasteiger partial charge is 0.361 e. The number of hydrogen-bond donors (Lipinski definition) is 1. The van der Waals surface area contributed by atoms with E-state index in [1.54, 1.807) is 0 Å². The lowest BCUT2D eigenvalue weighted by atomic mass is 10.1. The molecule has 3 aromatic rings.